The second kappa shape index (κ2) is 3.59. The Morgan fingerprint density at radius 2 is 2.29 bits per heavy atom. The Labute approximate surface area is 87.2 Å². The van der Waals surface area contributed by atoms with Crippen LogP contribution in [0.4, 0.5) is 5.69 Å². The molecule has 3 N–H and O–H groups in total. The van der Waals surface area contributed by atoms with Crippen LogP contribution in [0, 0.1) is 0 Å². The van der Waals surface area contributed by atoms with Crippen LogP contribution in [0.5, 0.6) is 0 Å². The molecule has 1 atom stereocenters. The highest BCUT2D eigenvalue weighted by Gasteiger charge is 2.29. The molecule has 2 rings (SSSR count). The van der Waals surface area contributed by atoms with Gasteiger partial charge in [0.25, 0.3) is 0 Å². The minimum Gasteiger partial charge on any atom is -0.330 e. The smallest absolute Gasteiger partial charge is 0.232 e. The predicted octanol–water partition coefficient (Wildman–Crippen LogP) is 1.72. The number of amides is 1. The van der Waals surface area contributed by atoms with E-state index < -0.39 is 0 Å². The van der Waals surface area contributed by atoms with Crippen molar-refractivity contribution in [1.82, 2.24) is 0 Å². The van der Waals surface area contributed by atoms with Crippen molar-refractivity contribution in [1.29, 1.82) is 0 Å². The van der Waals surface area contributed by atoms with Crippen LogP contribution >= 0.6 is 11.6 Å². The molecule has 4 heteroatoms. The molecule has 74 valence electrons. The van der Waals surface area contributed by atoms with E-state index in [9.17, 15) is 4.79 Å². The molecule has 0 aliphatic carbocycles. The van der Waals surface area contributed by atoms with Gasteiger partial charge >= 0.3 is 0 Å². The van der Waals surface area contributed by atoms with E-state index in [1.807, 2.05) is 12.1 Å². The molecule has 1 aliphatic rings. The summed E-state index contributed by atoms with van der Waals surface area (Å²) in [6.45, 7) is 0.504. The molecule has 3 nitrogen and oxygen atoms in total. The highest BCUT2D eigenvalue weighted by atomic mass is 35.5. The van der Waals surface area contributed by atoms with Crippen molar-refractivity contribution >= 4 is 23.2 Å². The molecule has 1 amide bonds. The Morgan fingerprint density at radius 3 is 3.00 bits per heavy atom. The summed E-state index contributed by atoms with van der Waals surface area (Å²) in [7, 11) is 0. The number of anilines is 1. The Hall–Kier alpha value is -1.06. The maximum Gasteiger partial charge on any atom is 0.232 e. The third-order valence-corrected chi connectivity index (χ3v) is 2.65. The zero-order valence-electron chi connectivity index (χ0n) is 7.59. The van der Waals surface area contributed by atoms with Crippen LogP contribution in [0.1, 0.15) is 17.9 Å². The number of hydrogen-bond donors (Lipinski definition) is 2. The number of hydrogen-bond acceptors (Lipinski definition) is 2. The number of halogens is 1. The third-order valence-electron chi connectivity index (χ3n) is 2.42. The van der Waals surface area contributed by atoms with Gasteiger partial charge < -0.3 is 11.1 Å². The van der Waals surface area contributed by atoms with Gasteiger partial charge in [-0.3, -0.25) is 4.79 Å². The Bertz CT molecular complexity index is 378. The molecule has 0 fully saturated rings. The molecule has 0 aromatic heterocycles. The second-order valence-corrected chi connectivity index (χ2v) is 3.79. The first kappa shape index (κ1) is 9.49. The number of nitrogens with one attached hydrogen (secondary N) is 1. The van der Waals surface area contributed by atoms with Gasteiger partial charge in [-0.1, -0.05) is 11.6 Å². The number of carbonyl (C=O) groups is 1. The fraction of sp³-hybridized carbons (Fsp3) is 0.300. The van der Waals surface area contributed by atoms with Crippen molar-refractivity contribution in [3.8, 4) is 0 Å². The normalized spacial score (nSPS) is 19.3. The summed E-state index contributed by atoms with van der Waals surface area (Å²) >= 11 is 5.87. The Balaban J connectivity index is 2.39. The van der Waals surface area contributed by atoms with Crippen molar-refractivity contribution in [2.75, 3.05) is 11.9 Å². The first-order valence-corrected chi connectivity index (χ1v) is 4.90. The van der Waals surface area contributed by atoms with E-state index in [-0.39, 0.29) is 11.8 Å². The highest BCUT2D eigenvalue weighted by molar-refractivity contribution is 6.31. The van der Waals surface area contributed by atoms with Gasteiger partial charge in [0, 0.05) is 10.7 Å². The van der Waals surface area contributed by atoms with Gasteiger partial charge in [0.1, 0.15) is 0 Å². The van der Waals surface area contributed by atoms with E-state index in [1.54, 1.807) is 6.07 Å². The Kier molecular flexibility index (Phi) is 2.44. The number of carbonyl (C=O) groups excluding carboxylic acids is 1. The van der Waals surface area contributed by atoms with E-state index in [2.05, 4.69) is 5.32 Å². The maximum absolute atomic E-state index is 11.5. The van der Waals surface area contributed by atoms with Crippen molar-refractivity contribution < 1.29 is 4.79 Å². The molecule has 1 aromatic rings. The summed E-state index contributed by atoms with van der Waals surface area (Å²) in [5.41, 5.74) is 7.28. The zero-order valence-corrected chi connectivity index (χ0v) is 8.34. The molecule has 0 saturated carbocycles. The highest BCUT2D eigenvalue weighted by Crippen LogP contribution is 2.35. The van der Waals surface area contributed by atoms with Gasteiger partial charge in [-0.15, -0.1) is 0 Å². The van der Waals surface area contributed by atoms with E-state index in [0.29, 0.717) is 18.0 Å². The summed E-state index contributed by atoms with van der Waals surface area (Å²) in [6, 6.07) is 5.42. The van der Waals surface area contributed by atoms with Crippen LogP contribution in [0.2, 0.25) is 5.02 Å². The van der Waals surface area contributed by atoms with Gasteiger partial charge in [-0.05, 0) is 36.7 Å². The van der Waals surface area contributed by atoms with Crippen LogP contribution < -0.4 is 11.1 Å². The summed E-state index contributed by atoms with van der Waals surface area (Å²) in [5.74, 6) is -0.110. The average molecular weight is 211 g/mol. The quantitative estimate of drug-likeness (QED) is 0.781. The molecular formula is C10H11ClN2O. The fourth-order valence-corrected chi connectivity index (χ4v) is 1.93. The van der Waals surface area contributed by atoms with Crippen LogP contribution in [0.3, 0.4) is 0 Å². The van der Waals surface area contributed by atoms with Crippen LogP contribution in [-0.4, -0.2) is 12.5 Å². The fourth-order valence-electron chi connectivity index (χ4n) is 1.75. The van der Waals surface area contributed by atoms with Gasteiger partial charge in [0.2, 0.25) is 5.91 Å². The number of fused-ring (bicyclic) bond motifs is 1. The van der Waals surface area contributed by atoms with Crippen LogP contribution in [0.15, 0.2) is 18.2 Å². The van der Waals surface area contributed by atoms with Crippen molar-refractivity contribution in [3.63, 3.8) is 0 Å². The van der Waals surface area contributed by atoms with Crippen molar-refractivity contribution in [3.05, 3.63) is 28.8 Å². The minimum atomic E-state index is -0.131. The van der Waals surface area contributed by atoms with Crippen LogP contribution in [0.25, 0.3) is 0 Å². The predicted molar refractivity (Wildman–Crippen MR) is 56.5 cm³/mol. The third kappa shape index (κ3) is 1.49. The molecule has 14 heavy (non-hydrogen) atoms. The second-order valence-electron chi connectivity index (χ2n) is 3.35. The molecule has 1 aliphatic heterocycles. The number of rotatable bonds is 2. The summed E-state index contributed by atoms with van der Waals surface area (Å²) in [6.07, 6.45) is 0.666. The minimum absolute atomic E-state index is 0.0210. The van der Waals surface area contributed by atoms with Crippen molar-refractivity contribution in [2.45, 2.75) is 12.3 Å². The van der Waals surface area contributed by atoms with Gasteiger partial charge in [-0.2, -0.15) is 0 Å². The molecule has 1 unspecified atom stereocenters. The molecular weight excluding hydrogens is 200 g/mol. The average Bonchev–Trinajstić information content (AvgIpc) is 2.45. The Morgan fingerprint density at radius 1 is 1.50 bits per heavy atom. The summed E-state index contributed by atoms with van der Waals surface area (Å²) < 4.78 is 0. The molecule has 1 aromatic carbocycles. The monoisotopic (exact) mass is 210 g/mol. The SMILES string of the molecule is NCCC1C(=O)Nc2ccc(Cl)cc21. The van der Waals surface area contributed by atoms with E-state index in [1.165, 1.54) is 0 Å². The molecule has 0 radical (unpaired) electrons. The maximum atomic E-state index is 11.5. The molecule has 0 spiro atoms. The lowest BCUT2D eigenvalue weighted by Crippen LogP contribution is -2.15. The first-order valence-electron chi connectivity index (χ1n) is 4.52. The first-order chi connectivity index (χ1) is 6.72. The van der Waals surface area contributed by atoms with Gasteiger partial charge in [0.15, 0.2) is 0 Å². The van der Waals surface area contributed by atoms with E-state index in [4.69, 9.17) is 17.3 Å². The standard InChI is InChI=1S/C10H11ClN2O/c11-6-1-2-9-8(5-6)7(3-4-12)10(14)13-9/h1-2,5,7H,3-4,12H2,(H,13,14). The zero-order chi connectivity index (χ0) is 10.1. The number of benzene rings is 1. The van der Waals surface area contributed by atoms with Gasteiger partial charge in [-0.25, -0.2) is 0 Å². The molecule has 0 bridgehead atoms. The lowest BCUT2D eigenvalue weighted by Gasteiger charge is -2.06. The van der Waals surface area contributed by atoms with Crippen molar-refractivity contribution in [2.24, 2.45) is 5.73 Å². The summed E-state index contributed by atoms with van der Waals surface area (Å²) in [5, 5.41) is 3.46. The topological polar surface area (TPSA) is 55.1 Å². The molecule has 0 saturated heterocycles. The number of nitrogens with two attached hydrogens (primary N) is 1. The largest absolute Gasteiger partial charge is 0.330 e. The van der Waals surface area contributed by atoms with Crippen LogP contribution in [-0.2, 0) is 4.79 Å². The lowest BCUT2D eigenvalue weighted by molar-refractivity contribution is -0.117. The van der Waals surface area contributed by atoms with E-state index in [0.717, 1.165) is 11.3 Å². The molecule has 1 heterocycles. The van der Waals surface area contributed by atoms with Gasteiger partial charge in [0.05, 0.1) is 5.92 Å². The summed E-state index contributed by atoms with van der Waals surface area (Å²) in [4.78, 5) is 11.5. The van der Waals surface area contributed by atoms with E-state index >= 15 is 0 Å². The lowest BCUT2D eigenvalue weighted by atomic mass is 9.97.